The van der Waals surface area contributed by atoms with Crippen molar-refractivity contribution in [3.8, 4) is 0 Å². The van der Waals surface area contributed by atoms with E-state index in [9.17, 15) is 4.79 Å². The topological polar surface area (TPSA) is 66.5 Å². The van der Waals surface area contributed by atoms with Crippen LogP contribution >= 0.6 is 0 Å². The Bertz CT molecular complexity index is 696. The van der Waals surface area contributed by atoms with Crippen LogP contribution in [-0.4, -0.2) is 50.8 Å². The third kappa shape index (κ3) is 3.60. The number of amides is 1. The maximum Gasteiger partial charge on any atom is 0.239 e. The molecule has 1 aliphatic heterocycles. The molecule has 1 atom stereocenters. The summed E-state index contributed by atoms with van der Waals surface area (Å²) in [6, 6.07) is 9.73. The van der Waals surface area contributed by atoms with Crippen molar-refractivity contribution < 1.29 is 9.53 Å². The monoisotopic (exact) mass is 314 g/mol. The molecule has 0 radical (unpaired) electrons. The summed E-state index contributed by atoms with van der Waals surface area (Å²) in [4.78, 5) is 18.8. The molecule has 2 N–H and O–H groups in total. The molecule has 0 saturated carbocycles. The molecule has 2 aromatic rings. The first-order valence-electron chi connectivity index (χ1n) is 7.80. The lowest BCUT2D eigenvalue weighted by Gasteiger charge is -2.23. The third-order valence-electron chi connectivity index (χ3n) is 3.94. The molecule has 23 heavy (non-hydrogen) atoms. The number of nitrogens with zero attached hydrogens (tertiary/aromatic N) is 2. The van der Waals surface area contributed by atoms with Crippen molar-refractivity contribution in [1.82, 2.24) is 15.6 Å². The second kappa shape index (κ2) is 6.93. The number of hydrogen-bond donors (Lipinski definition) is 2. The summed E-state index contributed by atoms with van der Waals surface area (Å²) >= 11 is 0. The zero-order valence-corrected chi connectivity index (χ0v) is 13.5. The molecule has 1 aromatic carbocycles. The van der Waals surface area contributed by atoms with Crippen molar-refractivity contribution in [2.75, 3.05) is 38.8 Å². The van der Waals surface area contributed by atoms with Crippen LogP contribution in [0, 0.1) is 0 Å². The minimum atomic E-state index is -0.273. The Kier molecular flexibility index (Phi) is 4.73. The van der Waals surface area contributed by atoms with E-state index in [4.69, 9.17) is 4.74 Å². The van der Waals surface area contributed by atoms with Gasteiger partial charge in [-0.25, -0.2) is 4.98 Å². The molecule has 1 fully saturated rings. The largest absolute Gasteiger partial charge is 0.378 e. The van der Waals surface area contributed by atoms with E-state index in [0.717, 1.165) is 22.3 Å². The number of hydrogen-bond acceptors (Lipinski definition) is 5. The van der Waals surface area contributed by atoms with Gasteiger partial charge in [-0.2, -0.15) is 0 Å². The van der Waals surface area contributed by atoms with Gasteiger partial charge in [0.1, 0.15) is 11.9 Å². The van der Waals surface area contributed by atoms with Gasteiger partial charge in [-0.3, -0.25) is 4.79 Å². The fraction of sp³-hybridized carbons (Fsp3) is 0.412. The van der Waals surface area contributed by atoms with Crippen molar-refractivity contribution in [2.24, 2.45) is 0 Å². The molecule has 122 valence electrons. The second-order valence-corrected chi connectivity index (χ2v) is 5.85. The Labute approximate surface area is 135 Å². The van der Waals surface area contributed by atoms with Crippen LogP contribution in [0.3, 0.4) is 0 Å². The predicted molar refractivity (Wildman–Crippen MR) is 90.5 cm³/mol. The van der Waals surface area contributed by atoms with E-state index >= 15 is 0 Å². The number of pyridine rings is 1. The molecule has 1 aliphatic rings. The number of ether oxygens (including phenoxy) is 1. The number of fused-ring (bicyclic) bond motifs is 1. The molecule has 0 bridgehead atoms. The summed E-state index contributed by atoms with van der Waals surface area (Å²) in [5.41, 5.74) is 1.99. The average molecular weight is 314 g/mol. The molecule has 6 nitrogen and oxygen atoms in total. The number of carbonyl (C=O) groups is 1. The third-order valence-corrected chi connectivity index (χ3v) is 3.94. The number of nitrogens with one attached hydrogen (secondary N) is 2. The van der Waals surface area contributed by atoms with E-state index in [2.05, 4.69) is 15.6 Å². The molecule has 0 spiro atoms. The van der Waals surface area contributed by atoms with Crippen LogP contribution < -0.4 is 15.5 Å². The summed E-state index contributed by atoms with van der Waals surface area (Å²) in [7, 11) is 3.92. The standard InChI is InChI=1S/C17H22N4O2/c1-21(2)16-9-12(13-5-3-4-6-14(13)20-16)10-19-17(22)15-11-23-8-7-18-15/h3-6,9,15,18H,7-8,10-11H2,1-2H3,(H,19,22). The minimum absolute atomic E-state index is 0.0306. The summed E-state index contributed by atoms with van der Waals surface area (Å²) in [5.74, 6) is 0.851. The van der Waals surface area contributed by atoms with Crippen molar-refractivity contribution in [3.63, 3.8) is 0 Å². The normalized spacial score (nSPS) is 17.9. The highest BCUT2D eigenvalue weighted by Crippen LogP contribution is 2.22. The zero-order chi connectivity index (χ0) is 16.2. The molecular weight excluding hydrogens is 292 g/mol. The predicted octanol–water partition coefficient (Wildman–Crippen LogP) is 0.905. The minimum Gasteiger partial charge on any atom is -0.378 e. The molecule has 6 heteroatoms. The first-order chi connectivity index (χ1) is 11.1. The average Bonchev–Trinajstić information content (AvgIpc) is 2.59. The SMILES string of the molecule is CN(C)c1cc(CNC(=O)C2COCCN2)c2ccccc2n1. The van der Waals surface area contributed by atoms with Crippen molar-refractivity contribution in [2.45, 2.75) is 12.6 Å². The molecule has 0 aliphatic carbocycles. The zero-order valence-electron chi connectivity index (χ0n) is 13.5. The van der Waals surface area contributed by atoms with Crippen LogP contribution in [0.1, 0.15) is 5.56 Å². The number of aromatic nitrogens is 1. The summed E-state index contributed by atoms with van der Waals surface area (Å²) in [6.07, 6.45) is 0. The highest BCUT2D eigenvalue weighted by Gasteiger charge is 2.21. The molecule has 3 rings (SSSR count). The van der Waals surface area contributed by atoms with E-state index in [-0.39, 0.29) is 11.9 Å². The van der Waals surface area contributed by atoms with Crippen molar-refractivity contribution >= 4 is 22.6 Å². The van der Waals surface area contributed by atoms with Crippen molar-refractivity contribution in [1.29, 1.82) is 0 Å². The number of benzene rings is 1. The van der Waals surface area contributed by atoms with Crippen LogP contribution in [0.4, 0.5) is 5.82 Å². The Morgan fingerprint density at radius 3 is 3.00 bits per heavy atom. The van der Waals surface area contributed by atoms with Gasteiger partial charge in [-0.15, -0.1) is 0 Å². The Morgan fingerprint density at radius 2 is 2.26 bits per heavy atom. The fourth-order valence-electron chi connectivity index (χ4n) is 2.65. The smallest absolute Gasteiger partial charge is 0.239 e. The molecule has 1 unspecified atom stereocenters. The van der Waals surface area contributed by atoms with Gasteiger partial charge in [0.25, 0.3) is 0 Å². The summed E-state index contributed by atoms with van der Waals surface area (Å²) in [6.45, 7) is 2.26. The number of para-hydroxylation sites is 1. The molecule has 1 saturated heterocycles. The maximum atomic E-state index is 12.2. The van der Waals surface area contributed by atoms with Crippen LogP contribution in [0.5, 0.6) is 0 Å². The first kappa shape index (κ1) is 15.7. The number of carbonyl (C=O) groups excluding carboxylic acids is 1. The Morgan fingerprint density at radius 1 is 1.43 bits per heavy atom. The first-order valence-corrected chi connectivity index (χ1v) is 7.80. The lowest BCUT2D eigenvalue weighted by Crippen LogP contribution is -2.51. The van der Waals surface area contributed by atoms with Crippen LogP contribution in [-0.2, 0) is 16.1 Å². The summed E-state index contributed by atoms with van der Waals surface area (Å²) in [5, 5.41) is 7.22. The lowest BCUT2D eigenvalue weighted by molar-refractivity contribution is -0.126. The highest BCUT2D eigenvalue weighted by atomic mass is 16.5. The number of rotatable bonds is 4. The Balaban J connectivity index is 1.79. The quantitative estimate of drug-likeness (QED) is 0.878. The van der Waals surface area contributed by atoms with Gasteiger partial charge in [0.05, 0.1) is 18.7 Å². The van der Waals surface area contributed by atoms with Crippen LogP contribution in [0.2, 0.25) is 0 Å². The number of morpholine rings is 1. The van der Waals surface area contributed by atoms with E-state index in [0.29, 0.717) is 26.3 Å². The lowest BCUT2D eigenvalue weighted by atomic mass is 10.1. The Hall–Kier alpha value is -2.18. The molecule has 2 heterocycles. The molecule has 1 aromatic heterocycles. The highest BCUT2D eigenvalue weighted by molar-refractivity contribution is 5.86. The van der Waals surface area contributed by atoms with Crippen LogP contribution in [0.15, 0.2) is 30.3 Å². The van der Waals surface area contributed by atoms with Gasteiger partial charge in [0, 0.05) is 32.6 Å². The number of anilines is 1. The van der Waals surface area contributed by atoms with Gasteiger partial charge >= 0.3 is 0 Å². The van der Waals surface area contributed by atoms with E-state index in [1.807, 2.05) is 49.3 Å². The van der Waals surface area contributed by atoms with E-state index < -0.39 is 0 Å². The van der Waals surface area contributed by atoms with Gasteiger partial charge in [0.2, 0.25) is 5.91 Å². The van der Waals surface area contributed by atoms with E-state index in [1.54, 1.807) is 0 Å². The van der Waals surface area contributed by atoms with Crippen molar-refractivity contribution in [3.05, 3.63) is 35.9 Å². The van der Waals surface area contributed by atoms with E-state index in [1.165, 1.54) is 0 Å². The van der Waals surface area contributed by atoms with Gasteiger partial charge in [0.15, 0.2) is 0 Å². The van der Waals surface area contributed by atoms with Gasteiger partial charge in [-0.05, 0) is 17.7 Å². The molecule has 1 amide bonds. The van der Waals surface area contributed by atoms with Crippen LogP contribution in [0.25, 0.3) is 10.9 Å². The van der Waals surface area contributed by atoms with Gasteiger partial charge in [-0.1, -0.05) is 18.2 Å². The molecular formula is C17H22N4O2. The second-order valence-electron chi connectivity index (χ2n) is 5.85. The van der Waals surface area contributed by atoms with Gasteiger partial charge < -0.3 is 20.3 Å². The maximum absolute atomic E-state index is 12.2. The fourth-order valence-corrected chi connectivity index (χ4v) is 2.65. The summed E-state index contributed by atoms with van der Waals surface area (Å²) < 4.78 is 5.34.